The average Bonchev–Trinajstić information content (AvgIpc) is 2.88. The SMILES string of the molecule is CCOC(=O)Cc1nn(C[C@@H]2CCNC[C@@H]2F)c2ccccc12.Cl. The van der Waals surface area contributed by atoms with Crippen LogP contribution in [0.2, 0.25) is 0 Å². The molecule has 1 fully saturated rings. The van der Waals surface area contributed by atoms with Crippen LogP contribution in [0.5, 0.6) is 0 Å². The lowest BCUT2D eigenvalue weighted by Crippen LogP contribution is -2.39. The van der Waals surface area contributed by atoms with Gasteiger partial charge in [-0.25, -0.2) is 4.39 Å². The molecule has 5 nitrogen and oxygen atoms in total. The quantitative estimate of drug-likeness (QED) is 0.837. The van der Waals surface area contributed by atoms with Crippen molar-refractivity contribution in [3.63, 3.8) is 0 Å². The van der Waals surface area contributed by atoms with E-state index < -0.39 is 6.17 Å². The van der Waals surface area contributed by atoms with Crippen molar-refractivity contribution in [3.8, 4) is 0 Å². The Morgan fingerprint density at radius 3 is 3.00 bits per heavy atom. The Hall–Kier alpha value is -1.66. The highest BCUT2D eigenvalue weighted by Gasteiger charge is 2.26. The fourth-order valence-electron chi connectivity index (χ4n) is 3.12. The first-order valence-corrected chi connectivity index (χ1v) is 8.14. The number of halogens is 2. The van der Waals surface area contributed by atoms with E-state index in [0.717, 1.165) is 23.9 Å². The van der Waals surface area contributed by atoms with Gasteiger partial charge in [-0.2, -0.15) is 5.10 Å². The van der Waals surface area contributed by atoms with Crippen LogP contribution in [-0.4, -0.2) is 41.6 Å². The molecule has 0 radical (unpaired) electrons. The predicted octanol–water partition coefficient (Wildman–Crippen LogP) is 2.51. The van der Waals surface area contributed by atoms with Crippen molar-refractivity contribution < 1.29 is 13.9 Å². The molecule has 0 unspecified atom stereocenters. The molecule has 7 heteroatoms. The maximum Gasteiger partial charge on any atom is 0.311 e. The second kappa shape index (κ2) is 8.44. The zero-order valence-electron chi connectivity index (χ0n) is 13.7. The Morgan fingerprint density at radius 2 is 2.25 bits per heavy atom. The van der Waals surface area contributed by atoms with Gasteiger partial charge in [-0.15, -0.1) is 12.4 Å². The van der Waals surface area contributed by atoms with Crippen LogP contribution in [0.3, 0.4) is 0 Å². The number of carbonyl (C=O) groups excluding carboxylic acids is 1. The third kappa shape index (κ3) is 4.05. The summed E-state index contributed by atoms with van der Waals surface area (Å²) in [6.07, 6.45) is 0.0788. The average molecular weight is 356 g/mol. The molecule has 0 amide bonds. The molecule has 0 spiro atoms. The standard InChI is InChI=1S/C17H22FN3O2.ClH/c1-2-23-17(22)9-15-13-5-3-4-6-16(13)21(20-15)11-12-7-8-19-10-14(12)18;/h3-6,12,14,19H,2,7-11H2,1H3;1H/t12-,14-;/m0./s1. The molecule has 132 valence electrons. The third-order valence-electron chi connectivity index (χ3n) is 4.30. The Balaban J connectivity index is 0.00000208. The summed E-state index contributed by atoms with van der Waals surface area (Å²) in [4.78, 5) is 11.8. The van der Waals surface area contributed by atoms with Crippen LogP contribution in [-0.2, 0) is 22.5 Å². The van der Waals surface area contributed by atoms with E-state index in [0.29, 0.717) is 25.4 Å². The van der Waals surface area contributed by atoms with Crippen molar-refractivity contribution in [2.45, 2.75) is 32.5 Å². The number of fused-ring (bicyclic) bond motifs is 1. The number of alkyl halides is 1. The van der Waals surface area contributed by atoms with Gasteiger partial charge < -0.3 is 10.1 Å². The smallest absolute Gasteiger partial charge is 0.311 e. The van der Waals surface area contributed by atoms with Gasteiger partial charge in [0, 0.05) is 24.4 Å². The zero-order chi connectivity index (χ0) is 16.2. The topological polar surface area (TPSA) is 56.1 Å². The number of para-hydroxylation sites is 1. The van der Waals surface area contributed by atoms with Crippen molar-refractivity contribution in [1.82, 2.24) is 15.1 Å². The van der Waals surface area contributed by atoms with Gasteiger partial charge in [0.15, 0.2) is 0 Å². The molecule has 0 aliphatic carbocycles. The first kappa shape index (κ1) is 18.7. The Kier molecular flexibility index (Phi) is 6.57. The molecule has 1 aliphatic heterocycles. The van der Waals surface area contributed by atoms with E-state index >= 15 is 0 Å². The first-order chi connectivity index (χ1) is 11.2. The molecule has 1 aromatic heterocycles. The van der Waals surface area contributed by atoms with Crippen molar-refractivity contribution in [2.75, 3.05) is 19.7 Å². The van der Waals surface area contributed by atoms with Gasteiger partial charge in [0.05, 0.1) is 24.2 Å². The van der Waals surface area contributed by atoms with Gasteiger partial charge in [0.1, 0.15) is 6.17 Å². The lowest BCUT2D eigenvalue weighted by atomic mass is 9.96. The molecule has 1 aliphatic rings. The van der Waals surface area contributed by atoms with Gasteiger partial charge in [0.25, 0.3) is 0 Å². The van der Waals surface area contributed by atoms with Gasteiger partial charge in [-0.1, -0.05) is 18.2 Å². The Morgan fingerprint density at radius 1 is 1.46 bits per heavy atom. The van der Waals surface area contributed by atoms with E-state index in [9.17, 15) is 9.18 Å². The third-order valence-corrected chi connectivity index (χ3v) is 4.30. The summed E-state index contributed by atoms with van der Waals surface area (Å²) in [5.74, 6) is -0.330. The van der Waals surface area contributed by atoms with Crippen LogP contribution in [0, 0.1) is 5.92 Å². The van der Waals surface area contributed by atoms with Crippen LogP contribution in [0.25, 0.3) is 10.9 Å². The Bertz CT molecular complexity index is 692. The normalized spacial score (nSPS) is 20.6. The summed E-state index contributed by atoms with van der Waals surface area (Å²) in [7, 11) is 0. The molecule has 1 saturated heterocycles. The summed E-state index contributed by atoms with van der Waals surface area (Å²) in [5.41, 5.74) is 1.64. The molecule has 0 saturated carbocycles. The first-order valence-electron chi connectivity index (χ1n) is 8.14. The molecule has 2 aromatic rings. The van der Waals surface area contributed by atoms with Gasteiger partial charge in [-0.3, -0.25) is 9.48 Å². The van der Waals surface area contributed by atoms with E-state index in [-0.39, 0.29) is 30.7 Å². The molecule has 2 atom stereocenters. The molecule has 2 heterocycles. The number of benzene rings is 1. The maximum absolute atomic E-state index is 14.1. The van der Waals surface area contributed by atoms with E-state index in [1.165, 1.54) is 0 Å². The minimum Gasteiger partial charge on any atom is -0.466 e. The fraction of sp³-hybridized carbons (Fsp3) is 0.529. The maximum atomic E-state index is 14.1. The van der Waals surface area contributed by atoms with E-state index in [1.807, 2.05) is 28.9 Å². The van der Waals surface area contributed by atoms with Crippen molar-refractivity contribution in [2.24, 2.45) is 5.92 Å². The number of nitrogens with one attached hydrogen (secondary N) is 1. The van der Waals surface area contributed by atoms with E-state index in [2.05, 4.69) is 10.4 Å². The number of carbonyl (C=O) groups is 1. The van der Waals surface area contributed by atoms with E-state index in [4.69, 9.17) is 4.74 Å². The zero-order valence-corrected chi connectivity index (χ0v) is 14.5. The summed E-state index contributed by atoms with van der Waals surface area (Å²) in [5, 5.41) is 8.57. The summed E-state index contributed by atoms with van der Waals surface area (Å²) >= 11 is 0. The highest BCUT2D eigenvalue weighted by atomic mass is 35.5. The van der Waals surface area contributed by atoms with E-state index in [1.54, 1.807) is 6.92 Å². The lowest BCUT2D eigenvalue weighted by Gasteiger charge is -2.26. The van der Waals surface area contributed by atoms with Crippen molar-refractivity contribution in [3.05, 3.63) is 30.0 Å². The van der Waals surface area contributed by atoms with Crippen molar-refractivity contribution in [1.29, 1.82) is 0 Å². The molecule has 3 rings (SSSR count). The number of rotatable bonds is 5. The number of hydrogen-bond donors (Lipinski definition) is 1. The monoisotopic (exact) mass is 355 g/mol. The largest absolute Gasteiger partial charge is 0.466 e. The van der Waals surface area contributed by atoms with Crippen LogP contribution in [0.15, 0.2) is 24.3 Å². The fourth-order valence-corrected chi connectivity index (χ4v) is 3.12. The number of hydrogen-bond acceptors (Lipinski definition) is 4. The number of ether oxygens (including phenoxy) is 1. The van der Waals surface area contributed by atoms with Crippen LogP contribution in [0.4, 0.5) is 4.39 Å². The van der Waals surface area contributed by atoms with Crippen LogP contribution >= 0.6 is 12.4 Å². The minimum absolute atomic E-state index is 0. The van der Waals surface area contributed by atoms with Gasteiger partial charge in [-0.05, 0) is 26.0 Å². The lowest BCUT2D eigenvalue weighted by molar-refractivity contribution is -0.142. The summed E-state index contributed by atoms with van der Waals surface area (Å²) in [6, 6.07) is 7.77. The molecule has 24 heavy (non-hydrogen) atoms. The predicted molar refractivity (Wildman–Crippen MR) is 93.2 cm³/mol. The molecular formula is C17H23ClFN3O2. The van der Waals surface area contributed by atoms with Gasteiger partial charge >= 0.3 is 5.97 Å². The molecule has 1 N–H and O–H groups in total. The number of nitrogens with zero attached hydrogens (tertiary/aromatic N) is 2. The highest BCUT2D eigenvalue weighted by Crippen LogP contribution is 2.23. The number of aromatic nitrogens is 2. The number of piperidine rings is 1. The second-order valence-electron chi connectivity index (χ2n) is 5.90. The molecule has 0 bridgehead atoms. The minimum atomic E-state index is -0.861. The van der Waals surface area contributed by atoms with Crippen LogP contribution in [0.1, 0.15) is 19.0 Å². The second-order valence-corrected chi connectivity index (χ2v) is 5.90. The summed E-state index contributed by atoms with van der Waals surface area (Å²) < 4.78 is 20.9. The summed E-state index contributed by atoms with van der Waals surface area (Å²) in [6.45, 7) is 3.91. The van der Waals surface area contributed by atoms with Gasteiger partial charge in [0.2, 0.25) is 0 Å². The molecular weight excluding hydrogens is 333 g/mol. The number of esters is 1. The van der Waals surface area contributed by atoms with Crippen LogP contribution < -0.4 is 5.32 Å². The van der Waals surface area contributed by atoms with Crippen molar-refractivity contribution >= 4 is 29.3 Å². The Labute approximate surface area is 147 Å². The molecule has 1 aromatic carbocycles. The highest BCUT2D eigenvalue weighted by molar-refractivity contribution is 5.86.